The molecule has 4 heterocycles. The Balaban J connectivity index is 1.40. The topological polar surface area (TPSA) is 69.8 Å². The highest BCUT2D eigenvalue weighted by Gasteiger charge is 2.31. The number of nitrogens with zero attached hydrogens (tertiary/aromatic N) is 5. The van der Waals surface area contributed by atoms with Gasteiger partial charge in [0.2, 0.25) is 0 Å². The fraction of sp³-hybridized carbons (Fsp3) is 0.526. The number of rotatable bonds is 6. The maximum absolute atomic E-state index is 6.01. The molecule has 1 saturated heterocycles. The fourth-order valence-electron chi connectivity index (χ4n) is 3.87. The van der Waals surface area contributed by atoms with Crippen LogP contribution >= 0.6 is 0 Å². The van der Waals surface area contributed by atoms with E-state index in [4.69, 9.17) is 4.74 Å². The molecule has 7 heteroatoms. The molecule has 3 aromatic rings. The molecule has 0 saturated carbocycles. The second-order valence-corrected chi connectivity index (χ2v) is 6.97. The molecule has 0 spiro atoms. The number of aromatic nitrogens is 5. The minimum atomic E-state index is 0.131. The standard InChI is InChI=1S/C19H26N6O/c1-4-25-17(5-7-22-25)18-15(6-8-26-18)12-20-10-14-9-16-13(2)23-24(3)19(16)21-11-14/h5,7,9,11,15,18,20H,4,6,8,10,12H2,1-3H3/t15-,18+/m0/s1. The number of fused-ring (bicyclic) bond motifs is 1. The zero-order valence-electron chi connectivity index (χ0n) is 15.6. The van der Waals surface area contributed by atoms with Gasteiger partial charge in [-0.2, -0.15) is 10.2 Å². The molecule has 7 nitrogen and oxygen atoms in total. The van der Waals surface area contributed by atoms with Crippen LogP contribution in [-0.4, -0.2) is 37.7 Å². The van der Waals surface area contributed by atoms with Crippen molar-refractivity contribution in [3.63, 3.8) is 0 Å². The van der Waals surface area contributed by atoms with Gasteiger partial charge in [0.25, 0.3) is 0 Å². The number of aryl methyl sites for hydroxylation is 3. The van der Waals surface area contributed by atoms with Crippen LogP contribution in [0.25, 0.3) is 11.0 Å². The Morgan fingerprint density at radius 1 is 1.38 bits per heavy atom. The maximum atomic E-state index is 6.01. The van der Waals surface area contributed by atoms with Gasteiger partial charge in [-0.25, -0.2) is 4.98 Å². The van der Waals surface area contributed by atoms with Crippen LogP contribution in [-0.2, 0) is 24.9 Å². The molecule has 1 N–H and O–H groups in total. The SMILES string of the molecule is CCn1nccc1[C@@H]1OCC[C@H]1CNCc1cnc2c(c1)c(C)nn2C. The molecule has 1 fully saturated rings. The van der Waals surface area contributed by atoms with Crippen molar-refractivity contribution in [3.8, 4) is 0 Å². The molecule has 4 rings (SSSR count). The lowest BCUT2D eigenvalue weighted by Gasteiger charge is -2.20. The van der Waals surface area contributed by atoms with Gasteiger partial charge in [0.1, 0.15) is 6.10 Å². The normalized spacial score (nSPS) is 20.3. The largest absolute Gasteiger partial charge is 0.372 e. The van der Waals surface area contributed by atoms with Crippen molar-refractivity contribution in [1.29, 1.82) is 0 Å². The first-order valence-electron chi connectivity index (χ1n) is 9.29. The summed E-state index contributed by atoms with van der Waals surface area (Å²) in [5, 5.41) is 13.5. The van der Waals surface area contributed by atoms with E-state index in [0.29, 0.717) is 5.92 Å². The number of pyridine rings is 1. The molecule has 138 valence electrons. The smallest absolute Gasteiger partial charge is 0.157 e. The second-order valence-electron chi connectivity index (χ2n) is 6.97. The number of ether oxygens (including phenoxy) is 1. The summed E-state index contributed by atoms with van der Waals surface area (Å²) in [5.74, 6) is 0.466. The van der Waals surface area contributed by atoms with Gasteiger partial charge in [0.05, 0.1) is 11.4 Å². The first-order chi connectivity index (χ1) is 12.7. The van der Waals surface area contributed by atoms with Gasteiger partial charge in [-0.1, -0.05) is 0 Å². The average molecular weight is 354 g/mol. The summed E-state index contributed by atoms with van der Waals surface area (Å²) >= 11 is 0. The van der Waals surface area contributed by atoms with Gasteiger partial charge in [0, 0.05) is 57.0 Å². The Morgan fingerprint density at radius 3 is 3.12 bits per heavy atom. The van der Waals surface area contributed by atoms with Gasteiger partial charge in [-0.15, -0.1) is 0 Å². The van der Waals surface area contributed by atoms with Crippen molar-refractivity contribution in [1.82, 2.24) is 29.9 Å². The van der Waals surface area contributed by atoms with Crippen molar-refractivity contribution >= 4 is 11.0 Å². The van der Waals surface area contributed by atoms with E-state index in [1.165, 1.54) is 11.3 Å². The molecule has 26 heavy (non-hydrogen) atoms. The van der Waals surface area contributed by atoms with Crippen LogP contribution in [0, 0.1) is 12.8 Å². The molecule has 0 radical (unpaired) electrons. The molecule has 2 atom stereocenters. The monoisotopic (exact) mass is 354 g/mol. The second kappa shape index (κ2) is 7.17. The van der Waals surface area contributed by atoms with Crippen molar-refractivity contribution < 1.29 is 4.74 Å². The van der Waals surface area contributed by atoms with Crippen LogP contribution in [0.1, 0.15) is 36.4 Å². The van der Waals surface area contributed by atoms with Gasteiger partial charge >= 0.3 is 0 Å². The third kappa shape index (κ3) is 3.12. The lowest BCUT2D eigenvalue weighted by molar-refractivity contribution is 0.0830. The van der Waals surface area contributed by atoms with Crippen LogP contribution < -0.4 is 5.32 Å². The molecular formula is C19H26N6O. The molecule has 0 bridgehead atoms. The predicted octanol–water partition coefficient (Wildman–Crippen LogP) is 2.36. The van der Waals surface area contributed by atoms with E-state index >= 15 is 0 Å². The quantitative estimate of drug-likeness (QED) is 0.736. The van der Waals surface area contributed by atoms with E-state index in [-0.39, 0.29) is 6.10 Å². The molecule has 3 aromatic heterocycles. The van der Waals surface area contributed by atoms with E-state index in [0.717, 1.165) is 49.4 Å². The third-order valence-corrected chi connectivity index (χ3v) is 5.21. The van der Waals surface area contributed by atoms with E-state index in [9.17, 15) is 0 Å². The zero-order chi connectivity index (χ0) is 18.1. The zero-order valence-corrected chi connectivity index (χ0v) is 15.6. The number of hydrogen-bond acceptors (Lipinski definition) is 5. The van der Waals surface area contributed by atoms with Gasteiger partial charge in [-0.05, 0) is 38.0 Å². The average Bonchev–Trinajstić information content (AvgIpc) is 3.34. The van der Waals surface area contributed by atoms with Crippen LogP contribution in [0.2, 0.25) is 0 Å². The Hall–Kier alpha value is -2.25. The van der Waals surface area contributed by atoms with E-state index in [2.05, 4.69) is 39.6 Å². The highest BCUT2D eigenvalue weighted by molar-refractivity contribution is 5.78. The predicted molar refractivity (Wildman–Crippen MR) is 99.7 cm³/mol. The van der Waals surface area contributed by atoms with Crippen molar-refractivity contribution in [3.05, 3.63) is 41.5 Å². The molecule has 0 aromatic carbocycles. The summed E-state index contributed by atoms with van der Waals surface area (Å²) in [6.45, 7) is 7.55. The summed E-state index contributed by atoms with van der Waals surface area (Å²) < 4.78 is 9.87. The van der Waals surface area contributed by atoms with E-state index in [1.54, 1.807) is 0 Å². The lowest BCUT2D eigenvalue weighted by atomic mass is 9.98. The third-order valence-electron chi connectivity index (χ3n) is 5.21. The number of nitrogens with one attached hydrogen (secondary N) is 1. The summed E-state index contributed by atoms with van der Waals surface area (Å²) in [4.78, 5) is 4.55. The van der Waals surface area contributed by atoms with Gasteiger partial charge in [0.15, 0.2) is 5.65 Å². The molecule has 0 amide bonds. The molecule has 0 unspecified atom stereocenters. The lowest BCUT2D eigenvalue weighted by Crippen LogP contribution is -2.25. The minimum absolute atomic E-state index is 0.131. The Bertz CT molecular complexity index is 899. The van der Waals surface area contributed by atoms with Crippen molar-refractivity contribution in [2.24, 2.45) is 13.0 Å². The Labute approximate surface area is 153 Å². The number of hydrogen-bond donors (Lipinski definition) is 1. The van der Waals surface area contributed by atoms with Crippen molar-refractivity contribution in [2.45, 2.75) is 39.5 Å². The molecule has 0 aliphatic carbocycles. The van der Waals surface area contributed by atoms with Gasteiger partial charge in [-0.3, -0.25) is 9.36 Å². The molecule has 1 aliphatic rings. The van der Waals surface area contributed by atoms with Crippen LogP contribution in [0.4, 0.5) is 0 Å². The van der Waals surface area contributed by atoms with Crippen LogP contribution in [0.5, 0.6) is 0 Å². The first kappa shape index (κ1) is 17.2. The molecular weight excluding hydrogens is 328 g/mol. The minimum Gasteiger partial charge on any atom is -0.372 e. The van der Waals surface area contributed by atoms with Crippen LogP contribution in [0.3, 0.4) is 0 Å². The summed E-state index contributed by atoms with van der Waals surface area (Å²) in [5.41, 5.74) is 4.32. The maximum Gasteiger partial charge on any atom is 0.157 e. The summed E-state index contributed by atoms with van der Waals surface area (Å²) in [7, 11) is 1.93. The first-order valence-corrected chi connectivity index (χ1v) is 9.29. The highest BCUT2D eigenvalue weighted by atomic mass is 16.5. The molecule has 1 aliphatic heterocycles. The van der Waals surface area contributed by atoms with Crippen LogP contribution in [0.15, 0.2) is 24.5 Å². The van der Waals surface area contributed by atoms with Gasteiger partial charge < -0.3 is 10.1 Å². The van der Waals surface area contributed by atoms with Crippen molar-refractivity contribution in [2.75, 3.05) is 13.2 Å². The summed E-state index contributed by atoms with van der Waals surface area (Å²) in [6, 6.07) is 4.27. The Morgan fingerprint density at radius 2 is 2.27 bits per heavy atom. The van der Waals surface area contributed by atoms with E-state index in [1.807, 2.05) is 35.7 Å². The highest BCUT2D eigenvalue weighted by Crippen LogP contribution is 2.34. The summed E-state index contributed by atoms with van der Waals surface area (Å²) in [6.07, 6.45) is 5.00. The van der Waals surface area contributed by atoms with E-state index < -0.39 is 0 Å². The Kier molecular flexibility index (Phi) is 4.74. The fourth-order valence-corrected chi connectivity index (χ4v) is 3.87.